The van der Waals surface area contributed by atoms with Crippen molar-refractivity contribution < 1.29 is 21.6 Å². The van der Waals surface area contributed by atoms with Crippen LogP contribution >= 0.6 is 45.2 Å². The summed E-state index contributed by atoms with van der Waals surface area (Å²) in [5.74, 6) is 0.718. The molecule has 0 saturated heterocycles. The second-order valence-corrected chi connectivity index (χ2v) is 13.4. The Morgan fingerprint density at radius 1 is 0.485 bits per heavy atom. The van der Waals surface area contributed by atoms with Crippen molar-refractivity contribution in [1.29, 1.82) is 0 Å². The maximum absolute atomic E-state index is 13.0. The van der Waals surface area contributed by atoms with Crippen molar-refractivity contribution in [2.24, 2.45) is 0 Å². The molecule has 0 bridgehead atoms. The van der Waals surface area contributed by atoms with Gasteiger partial charge < -0.3 is 4.74 Å². The number of hydrogen-bond acceptors (Lipinski definition) is 5. The van der Waals surface area contributed by atoms with Crippen molar-refractivity contribution in [3.05, 3.63) is 104 Å². The molecule has 0 spiro atoms. The van der Waals surface area contributed by atoms with Crippen LogP contribution in [-0.2, 0) is 19.7 Å². The van der Waals surface area contributed by atoms with Crippen molar-refractivity contribution in [1.82, 2.24) is 0 Å². The molecule has 4 aromatic rings. The monoisotopic (exact) mass is 702 g/mol. The molecular formula is C24H16I2O5S2. The van der Waals surface area contributed by atoms with Gasteiger partial charge in [-0.3, -0.25) is 0 Å². The maximum atomic E-state index is 13.0. The first kappa shape index (κ1) is 24.2. The standard InChI is InChI=1S/C24H16I2O5S2/c25-17-4-1-7-22(14-17)32(27,28)21-12-10-19(11-13-21)31-20-6-3-9-24(16-20)33(29,30)23-8-2-5-18(26)15-23/h1-16H. The molecule has 0 fully saturated rings. The summed E-state index contributed by atoms with van der Waals surface area (Å²) in [4.78, 5) is 0.681. The molecule has 9 heteroatoms. The van der Waals surface area contributed by atoms with E-state index in [2.05, 4.69) is 45.2 Å². The van der Waals surface area contributed by atoms with Gasteiger partial charge >= 0.3 is 0 Å². The summed E-state index contributed by atoms with van der Waals surface area (Å²) in [6.07, 6.45) is 0. The van der Waals surface area contributed by atoms with Crippen LogP contribution in [0.15, 0.2) is 117 Å². The largest absolute Gasteiger partial charge is 0.457 e. The molecule has 0 aliphatic rings. The van der Waals surface area contributed by atoms with Gasteiger partial charge in [-0.2, -0.15) is 0 Å². The highest BCUT2D eigenvalue weighted by Gasteiger charge is 2.20. The van der Waals surface area contributed by atoms with Crippen molar-refractivity contribution in [3.63, 3.8) is 0 Å². The molecule has 168 valence electrons. The smallest absolute Gasteiger partial charge is 0.206 e. The average Bonchev–Trinajstić information content (AvgIpc) is 2.80. The molecule has 5 nitrogen and oxygen atoms in total. The number of ether oxygens (including phenoxy) is 1. The topological polar surface area (TPSA) is 77.5 Å². The molecule has 0 radical (unpaired) electrons. The lowest BCUT2D eigenvalue weighted by atomic mass is 10.3. The van der Waals surface area contributed by atoms with Gasteiger partial charge in [-0.15, -0.1) is 0 Å². The minimum Gasteiger partial charge on any atom is -0.457 e. The molecule has 0 aliphatic heterocycles. The molecule has 33 heavy (non-hydrogen) atoms. The molecule has 0 saturated carbocycles. The van der Waals surface area contributed by atoms with Gasteiger partial charge in [0.1, 0.15) is 11.5 Å². The summed E-state index contributed by atoms with van der Waals surface area (Å²) in [7, 11) is -7.35. The normalized spacial score (nSPS) is 11.8. The van der Waals surface area contributed by atoms with E-state index in [9.17, 15) is 16.8 Å². The van der Waals surface area contributed by atoms with E-state index in [0.717, 1.165) is 7.14 Å². The number of halogens is 2. The van der Waals surface area contributed by atoms with Gasteiger partial charge in [-0.25, -0.2) is 16.8 Å². The highest BCUT2D eigenvalue weighted by molar-refractivity contribution is 14.1. The lowest BCUT2D eigenvalue weighted by Gasteiger charge is -2.10. The van der Waals surface area contributed by atoms with Crippen LogP contribution in [0.25, 0.3) is 0 Å². The summed E-state index contributed by atoms with van der Waals surface area (Å²) >= 11 is 4.14. The summed E-state index contributed by atoms with van der Waals surface area (Å²) in [5, 5.41) is 0. The Bertz CT molecular complexity index is 1530. The Balaban J connectivity index is 1.58. The third-order valence-electron chi connectivity index (χ3n) is 4.70. The lowest BCUT2D eigenvalue weighted by Crippen LogP contribution is -2.03. The molecular weight excluding hydrogens is 686 g/mol. The summed E-state index contributed by atoms with van der Waals surface area (Å²) in [5.41, 5.74) is 0. The van der Waals surface area contributed by atoms with Crippen molar-refractivity contribution >= 4 is 64.9 Å². The van der Waals surface area contributed by atoms with Crippen LogP contribution in [-0.4, -0.2) is 16.8 Å². The van der Waals surface area contributed by atoms with Crippen molar-refractivity contribution in [2.75, 3.05) is 0 Å². The predicted octanol–water partition coefficient (Wildman–Crippen LogP) is 6.35. The molecule has 4 aromatic carbocycles. The van der Waals surface area contributed by atoms with Crippen molar-refractivity contribution in [2.45, 2.75) is 19.6 Å². The quantitative estimate of drug-likeness (QED) is 0.219. The van der Waals surface area contributed by atoms with Crippen LogP contribution in [0.2, 0.25) is 0 Å². The Morgan fingerprint density at radius 3 is 1.45 bits per heavy atom. The SMILES string of the molecule is O=S(=O)(c1ccc(Oc2cccc(S(=O)(=O)c3cccc(I)c3)c2)cc1)c1cccc(I)c1. The number of rotatable bonds is 6. The zero-order chi connectivity index (χ0) is 23.6. The van der Waals surface area contributed by atoms with Crippen LogP contribution in [0.1, 0.15) is 0 Å². The minimum atomic E-state index is -3.70. The zero-order valence-corrected chi connectivity index (χ0v) is 22.8. The third kappa shape index (κ3) is 5.42. The van der Waals surface area contributed by atoms with Crippen molar-refractivity contribution in [3.8, 4) is 11.5 Å². The summed E-state index contributed by atoms with van der Waals surface area (Å²) in [6.45, 7) is 0. The number of sulfone groups is 2. The van der Waals surface area contributed by atoms with Gasteiger partial charge in [0.2, 0.25) is 19.7 Å². The van der Waals surface area contributed by atoms with Gasteiger partial charge in [0.15, 0.2) is 0 Å². The van der Waals surface area contributed by atoms with Gasteiger partial charge in [0, 0.05) is 7.14 Å². The molecule has 0 amide bonds. The first-order chi connectivity index (χ1) is 15.7. The predicted molar refractivity (Wildman–Crippen MR) is 142 cm³/mol. The Labute approximate surface area is 219 Å². The molecule has 0 heterocycles. The van der Waals surface area contributed by atoms with Gasteiger partial charge in [-0.1, -0.05) is 18.2 Å². The van der Waals surface area contributed by atoms with E-state index in [1.807, 2.05) is 12.1 Å². The minimum absolute atomic E-state index is 0.111. The van der Waals surface area contributed by atoms with Crippen LogP contribution in [0.5, 0.6) is 11.5 Å². The first-order valence-corrected chi connectivity index (χ1v) is 14.7. The first-order valence-electron chi connectivity index (χ1n) is 9.55. The molecule has 0 atom stereocenters. The number of benzene rings is 4. The fraction of sp³-hybridized carbons (Fsp3) is 0. The van der Waals surface area contributed by atoms with Gasteiger partial charge in [-0.05, 0) is 124 Å². The second kappa shape index (κ2) is 9.72. The van der Waals surface area contributed by atoms with E-state index in [0.29, 0.717) is 11.5 Å². The average molecular weight is 702 g/mol. The Morgan fingerprint density at radius 2 is 0.939 bits per heavy atom. The zero-order valence-electron chi connectivity index (χ0n) is 16.9. The summed E-state index contributed by atoms with van der Waals surface area (Å²) in [6, 6.07) is 25.6. The van der Waals surface area contributed by atoms with E-state index < -0.39 is 19.7 Å². The Kier molecular flexibility index (Phi) is 7.12. The summed E-state index contributed by atoms with van der Waals surface area (Å²) < 4.78 is 59.1. The molecule has 4 rings (SSSR count). The van der Waals surface area contributed by atoms with Crippen LogP contribution < -0.4 is 4.74 Å². The van der Waals surface area contributed by atoms with Gasteiger partial charge in [0.05, 0.1) is 19.6 Å². The molecule has 0 unspecified atom stereocenters. The number of hydrogen-bond donors (Lipinski definition) is 0. The van der Waals surface area contributed by atoms with Crippen LogP contribution in [0.3, 0.4) is 0 Å². The second-order valence-electron chi connectivity index (χ2n) is 6.97. The van der Waals surface area contributed by atoms with Crippen LogP contribution in [0, 0.1) is 7.14 Å². The third-order valence-corrected chi connectivity index (χ3v) is 9.56. The molecule has 0 N–H and O–H groups in total. The van der Waals surface area contributed by atoms with Crippen LogP contribution in [0.4, 0.5) is 0 Å². The Hall–Kier alpha value is -1.96. The van der Waals surface area contributed by atoms with E-state index in [-0.39, 0.29) is 19.6 Å². The highest BCUT2D eigenvalue weighted by Crippen LogP contribution is 2.29. The highest BCUT2D eigenvalue weighted by atomic mass is 127. The van der Waals surface area contributed by atoms with Gasteiger partial charge in [0.25, 0.3) is 0 Å². The van der Waals surface area contributed by atoms with E-state index in [1.54, 1.807) is 60.7 Å². The maximum Gasteiger partial charge on any atom is 0.206 e. The fourth-order valence-corrected chi connectivity index (χ4v) is 7.22. The van der Waals surface area contributed by atoms with E-state index in [1.165, 1.54) is 24.3 Å². The molecule has 0 aromatic heterocycles. The molecule has 0 aliphatic carbocycles. The fourth-order valence-electron chi connectivity index (χ4n) is 3.07. The van der Waals surface area contributed by atoms with E-state index in [4.69, 9.17) is 4.74 Å². The lowest BCUT2D eigenvalue weighted by molar-refractivity contribution is 0.480. The van der Waals surface area contributed by atoms with E-state index >= 15 is 0 Å².